The number of carbonyl (C=O) groups excluding carboxylic acids is 2. The van der Waals surface area contributed by atoms with Crippen molar-refractivity contribution in [1.29, 1.82) is 0 Å². The van der Waals surface area contributed by atoms with Crippen LogP contribution in [0.3, 0.4) is 0 Å². The lowest BCUT2D eigenvalue weighted by Crippen LogP contribution is -2.34. The smallest absolute Gasteiger partial charge is 0.146 e. The average molecular weight is 152 g/mol. The summed E-state index contributed by atoms with van der Waals surface area (Å²) in [6.45, 7) is 1.76. The van der Waals surface area contributed by atoms with Gasteiger partial charge in [0.1, 0.15) is 11.6 Å². The Hall–Kier alpha value is -0.660. The Morgan fingerprint density at radius 1 is 1.09 bits per heavy atom. The van der Waals surface area contributed by atoms with E-state index in [0.29, 0.717) is 0 Å². The van der Waals surface area contributed by atoms with Crippen LogP contribution < -0.4 is 0 Å². The first-order valence-electron chi connectivity index (χ1n) is 4.27. The normalized spacial score (nSPS) is 43.2. The van der Waals surface area contributed by atoms with Crippen molar-refractivity contribution in [2.75, 3.05) is 0 Å². The molecule has 0 heterocycles. The van der Waals surface area contributed by atoms with Crippen molar-refractivity contribution in [2.45, 2.75) is 26.2 Å². The average Bonchev–Trinajstić information content (AvgIpc) is 2.44. The number of hydrogen-bond donors (Lipinski definition) is 0. The van der Waals surface area contributed by atoms with Crippen LogP contribution in [0.25, 0.3) is 0 Å². The molecule has 2 unspecified atom stereocenters. The zero-order valence-electron chi connectivity index (χ0n) is 6.67. The summed E-state index contributed by atoms with van der Waals surface area (Å²) < 4.78 is 0. The van der Waals surface area contributed by atoms with Crippen LogP contribution in [0.1, 0.15) is 26.2 Å². The summed E-state index contributed by atoms with van der Waals surface area (Å²) in [6, 6.07) is 0. The van der Waals surface area contributed by atoms with Gasteiger partial charge in [0.25, 0.3) is 0 Å². The third kappa shape index (κ3) is 0.849. The van der Waals surface area contributed by atoms with Crippen LogP contribution in [0.5, 0.6) is 0 Å². The van der Waals surface area contributed by atoms with E-state index in [4.69, 9.17) is 0 Å². The molecule has 0 spiro atoms. The third-order valence-corrected chi connectivity index (χ3v) is 3.09. The van der Waals surface area contributed by atoms with Gasteiger partial charge < -0.3 is 0 Å². The standard InChI is InChI=1S/C9H12O2/c1-5-8(10)6-2-3-7(4-6)9(5)11/h5-7H,2-4H2,1H3. The minimum absolute atomic E-state index is 0.198. The minimum Gasteiger partial charge on any atom is -0.299 e. The van der Waals surface area contributed by atoms with E-state index >= 15 is 0 Å². The van der Waals surface area contributed by atoms with E-state index < -0.39 is 0 Å². The Balaban J connectivity index is 2.30. The molecule has 2 atom stereocenters. The zero-order chi connectivity index (χ0) is 8.01. The second kappa shape index (κ2) is 2.16. The molecular weight excluding hydrogens is 140 g/mol. The molecule has 2 saturated carbocycles. The Bertz CT molecular complexity index is 198. The van der Waals surface area contributed by atoms with Crippen molar-refractivity contribution in [2.24, 2.45) is 17.8 Å². The summed E-state index contributed by atoms with van der Waals surface area (Å²) in [7, 11) is 0. The fourth-order valence-corrected chi connectivity index (χ4v) is 2.35. The molecule has 2 nitrogen and oxygen atoms in total. The molecule has 0 aromatic carbocycles. The predicted molar refractivity (Wildman–Crippen MR) is 40.0 cm³/mol. The van der Waals surface area contributed by atoms with E-state index in [9.17, 15) is 9.59 Å². The first-order chi connectivity index (χ1) is 5.20. The fourth-order valence-electron chi connectivity index (χ4n) is 2.35. The van der Waals surface area contributed by atoms with Crippen molar-refractivity contribution < 1.29 is 9.59 Å². The largest absolute Gasteiger partial charge is 0.299 e. The summed E-state index contributed by atoms with van der Waals surface area (Å²) in [5.74, 6) is 0.564. The molecule has 2 fully saturated rings. The molecule has 11 heavy (non-hydrogen) atoms. The van der Waals surface area contributed by atoms with Crippen molar-refractivity contribution in [3.63, 3.8) is 0 Å². The molecule has 0 N–H and O–H groups in total. The molecule has 0 radical (unpaired) electrons. The summed E-state index contributed by atoms with van der Waals surface area (Å²) in [5, 5.41) is 0. The van der Waals surface area contributed by atoms with Crippen LogP contribution in [-0.2, 0) is 9.59 Å². The molecule has 2 rings (SSSR count). The van der Waals surface area contributed by atoms with Crippen LogP contribution in [0, 0.1) is 17.8 Å². The molecule has 2 bridgehead atoms. The molecule has 2 aliphatic carbocycles. The Morgan fingerprint density at radius 2 is 1.55 bits per heavy atom. The van der Waals surface area contributed by atoms with E-state index in [1.54, 1.807) is 6.92 Å². The molecule has 2 heteroatoms. The molecule has 0 aromatic rings. The second-order valence-corrected chi connectivity index (χ2v) is 3.73. The van der Waals surface area contributed by atoms with Gasteiger partial charge in [-0.2, -0.15) is 0 Å². The fraction of sp³-hybridized carbons (Fsp3) is 0.778. The number of rotatable bonds is 0. The number of ketones is 2. The lowest BCUT2D eigenvalue weighted by molar-refractivity contribution is -0.138. The Labute approximate surface area is 66.0 Å². The summed E-state index contributed by atoms with van der Waals surface area (Å²) >= 11 is 0. The summed E-state index contributed by atoms with van der Waals surface area (Å²) in [4.78, 5) is 22.7. The van der Waals surface area contributed by atoms with Gasteiger partial charge in [-0.1, -0.05) is 0 Å². The maximum absolute atomic E-state index is 11.4. The van der Waals surface area contributed by atoms with Crippen molar-refractivity contribution in [1.82, 2.24) is 0 Å². The first kappa shape index (κ1) is 7.01. The highest BCUT2D eigenvalue weighted by molar-refractivity contribution is 6.06. The minimum atomic E-state index is -0.291. The van der Waals surface area contributed by atoms with Gasteiger partial charge in [0.2, 0.25) is 0 Å². The second-order valence-electron chi connectivity index (χ2n) is 3.73. The van der Waals surface area contributed by atoms with Gasteiger partial charge in [-0.05, 0) is 26.2 Å². The zero-order valence-corrected chi connectivity index (χ0v) is 6.67. The first-order valence-corrected chi connectivity index (χ1v) is 4.27. The van der Waals surface area contributed by atoms with Gasteiger partial charge >= 0.3 is 0 Å². The molecule has 0 aliphatic heterocycles. The quantitative estimate of drug-likeness (QED) is 0.488. The third-order valence-electron chi connectivity index (χ3n) is 3.09. The van der Waals surface area contributed by atoms with Gasteiger partial charge in [-0.25, -0.2) is 0 Å². The van der Waals surface area contributed by atoms with Crippen LogP contribution in [0.4, 0.5) is 0 Å². The van der Waals surface area contributed by atoms with Gasteiger partial charge in [0.05, 0.1) is 5.92 Å². The SMILES string of the molecule is CC1C(=O)C2CCC(C2)C1=O. The van der Waals surface area contributed by atoms with E-state index in [-0.39, 0.29) is 29.3 Å². The van der Waals surface area contributed by atoms with E-state index in [2.05, 4.69) is 0 Å². The highest BCUT2D eigenvalue weighted by atomic mass is 16.2. The van der Waals surface area contributed by atoms with Crippen LogP contribution in [-0.4, -0.2) is 11.6 Å². The molecular formula is C9H12O2. The molecule has 60 valence electrons. The number of fused-ring (bicyclic) bond motifs is 2. The van der Waals surface area contributed by atoms with Crippen molar-refractivity contribution in [3.8, 4) is 0 Å². The topological polar surface area (TPSA) is 34.1 Å². The highest BCUT2D eigenvalue weighted by Gasteiger charge is 2.44. The van der Waals surface area contributed by atoms with Crippen molar-refractivity contribution >= 4 is 11.6 Å². The maximum Gasteiger partial charge on any atom is 0.146 e. The van der Waals surface area contributed by atoms with Gasteiger partial charge in [-0.3, -0.25) is 9.59 Å². The van der Waals surface area contributed by atoms with Gasteiger partial charge in [0, 0.05) is 11.8 Å². The molecule has 0 saturated heterocycles. The number of carbonyl (C=O) groups is 2. The number of Topliss-reactive ketones (excluding diaryl/α,β-unsaturated/α-hetero) is 2. The lowest BCUT2D eigenvalue weighted by Gasteiger charge is -2.21. The monoisotopic (exact) mass is 152 g/mol. The molecule has 0 aromatic heterocycles. The van der Waals surface area contributed by atoms with E-state index in [1.807, 2.05) is 0 Å². The summed E-state index contributed by atoms with van der Waals surface area (Å²) in [6.07, 6.45) is 2.77. The van der Waals surface area contributed by atoms with Gasteiger partial charge in [-0.15, -0.1) is 0 Å². The lowest BCUT2D eigenvalue weighted by atomic mass is 9.80. The predicted octanol–water partition coefficient (Wildman–Crippen LogP) is 1.19. The van der Waals surface area contributed by atoms with Crippen LogP contribution in [0.15, 0.2) is 0 Å². The Kier molecular flexibility index (Phi) is 1.38. The maximum atomic E-state index is 11.4. The Morgan fingerprint density at radius 3 is 2.00 bits per heavy atom. The van der Waals surface area contributed by atoms with E-state index in [1.165, 1.54) is 0 Å². The van der Waals surface area contributed by atoms with Crippen LogP contribution >= 0.6 is 0 Å². The molecule has 0 amide bonds. The number of hydrogen-bond acceptors (Lipinski definition) is 2. The van der Waals surface area contributed by atoms with Crippen LogP contribution in [0.2, 0.25) is 0 Å². The van der Waals surface area contributed by atoms with E-state index in [0.717, 1.165) is 19.3 Å². The highest BCUT2D eigenvalue weighted by Crippen LogP contribution is 2.39. The van der Waals surface area contributed by atoms with Gasteiger partial charge in [0.15, 0.2) is 0 Å². The summed E-state index contributed by atoms with van der Waals surface area (Å²) in [5.41, 5.74) is 0. The van der Waals surface area contributed by atoms with Crippen molar-refractivity contribution in [3.05, 3.63) is 0 Å². The molecule has 2 aliphatic rings.